The van der Waals surface area contributed by atoms with Gasteiger partial charge in [0.15, 0.2) is 11.5 Å². The Morgan fingerprint density at radius 3 is 2.77 bits per heavy atom. The van der Waals surface area contributed by atoms with Crippen molar-refractivity contribution in [3.63, 3.8) is 0 Å². The van der Waals surface area contributed by atoms with Gasteiger partial charge in [-0.2, -0.15) is 4.52 Å². The molecule has 0 aliphatic rings. The summed E-state index contributed by atoms with van der Waals surface area (Å²) in [4.78, 5) is 0. The van der Waals surface area contributed by atoms with Gasteiger partial charge in [0.2, 0.25) is 0 Å². The van der Waals surface area contributed by atoms with E-state index in [0.29, 0.717) is 0 Å². The van der Waals surface area contributed by atoms with Crippen molar-refractivity contribution in [2.24, 2.45) is 0 Å². The van der Waals surface area contributed by atoms with Gasteiger partial charge >= 0.3 is 0 Å². The summed E-state index contributed by atoms with van der Waals surface area (Å²) >= 11 is 6.09. The molecule has 5 nitrogen and oxygen atoms in total. The van der Waals surface area contributed by atoms with Crippen LogP contribution >= 0.6 is 11.6 Å². The predicted octanol–water partition coefficient (Wildman–Crippen LogP) is 3.90. The first kappa shape index (κ1) is 14.8. The zero-order valence-electron chi connectivity index (χ0n) is 12.6. The van der Waals surface area contributed by atoms with Crippen LogP contribution in [0.4, 0.5) is 5.82 Å². The summed E-state index contributed by atoms with van der Waals surface area (Å²) in [6, 6.07) is 11.9. The lowest BCUT2D eigenvalue weighted by Gasteiger charge is -2.18. The Kier molecular flexibility index (Phi) is 4.24. The number of rotatable bonds is 5. The van der Waals surface area contributed by atoms with E-state index in [-0.39, 0.29) is 6.04 Å². The van der Waals surface area contributed by atoms with E-state index in [2.05, 4.69) is 33.6 Å². The molecule has 114 valence electrons. The molecule has 0 amide bonds. The molecule has 0 saturated carbocycles. The number of anilines is 1. The van der Waals surface area contributed by atoms with Crippen LogP contribution < -0.4 is 5.32 Å². The van der Waals surface area contributed by atoms with Crippen molar-refractivity contribution in [1.82, 2.24) is 19.8 Å². The third-order valence-electron chi connectivity index (χ3n) is 3.63. The summed E-state index contributed by atoms with van der Waals surface area (Å²) in [5.74, 6) is 1.66. The summed E-state index contributed by atoms with van der Waals surface area (Å²) < 4.78 is 1.78. The number of halogens is 1. The molecule has 0 radical (unpaired) electrons. The highest BCUT2D eigenvalue weighted by Gasteiger charge is 2.12. The minimum absolute atomic E-state index is 0.158. The summed E-state index contributed by atoms with van der Waals surface area (Å²) in [6.45, 7) is 4.17. The molecule has 0 spiro atoms. The van der Waals surface area contributed by atoms with E-state index in [4.69, 9.17) is 11.6 Å². The molecule has 3 aromatic rings. The zero-order valence-corrected chi connectivity index (χ0v) is 13.4. The van der Waals surface area contributed by atoms with Crippen LogP contribution in [0.5, 0.6) is 0 Å². The lowest BCUT2D eigenvalue weighted by molar-refractivity contribution is 0.733. The molecular weight excluding hydrogens is 298 g/mol. The lowest BCUT2D eigenvalue weighted by Crippen LogP contribution is -2.12. The first-order valence-corrected chi connectivity index (χ1v) is 7.82. The predicted molar refractivity (Wildman–Crippen MR) is 88.3 cm³/mol. The molecule has 0 saturated heterocycles. The Morgan fingerprint density at radius 2 is 2.05 bits per heavy atom. The minimum Gasteiger partial charge on any atom is -0.362 e. The van der Waals surface area contributed by atoms with E-state index in [9.17, 15) is 0 Å². The average molecular weight is 316 g/mol. The Morgan fingerprint density at radius 1 is 1.18 bits per heavy atom. The van der Waals surface area contributed by atoms with Gasteiger partial charge < -0.3 is 5.32 Å². The topological polar surface area (TPSA) is 55.1 Å². The summed E-state index contributed by atoms with van der Waals surface area (Å²) in [7, 11) is 0. The third-order valence-corrected chi connectivity index (χ3v) is 3.86. The minimum atomic E-state index is 0.158. The smallest absolute Gasteiger partial charge is 0.178 e. The van der Waals surface area contributed by atoms with Gasteiger partial charge in [0.25, 0.3) is 0 Å². The number of benzene rings is 1. The standard InChI is InChI=1S/C16H18ClN5/c1-3-13(11-6-5-7-12(17)10-11)18-14-8-9-16-20-19-15(4-2)22(16)21-14/h5-10,13H,3-4H2,1-2H3,(H,18,21). The fraction of sp³-hybridized carbons (Fsp3) is 0.312. The van der Waals surface area contributed by atoms with Gasteiger partial charge in [-0.1, -0.05) is 37.6 Å². The monoisotopic (exact) mass is 315 g/mol. The van der Waals surface area contributed by atoms with Crippen LogP contribution in [-0.4, -0.2) is 19.8 Å². The molecule has 1 unspecified atom stereocenters. The molecule has 1 aromatic carbocycles. The van der Waals surface area contributed by atoms with Crippen molar-refractivity contribution < 1.29 is 0 Å². The number of aryl methyl sites for hydroxylation is 1. The van der Waals surface area contributed by atoms with Crippen LogP contribution in [0.3, 0.4) is 0 Å². The first-order chi connectivity index (χ1) is 10.7. The van der Waals surface area contributed by atoms with Gasteiger partial charge in [-0.25, -0.2) is 0 Å². The van der Waals surface area contributed by atoms with Gasteiger partial charge in [-0.3, -0.25) is 0 Å². The zero-order chi connectivity index (χ0) is 15.5. The van der Waals surface area contributed by atoms with Crippen molar-refractivity contribution in [2.45, 2.75) is 32.7 Å². The molecule has 0 aliphatic heterocycles. The van der Waals surface area contributed by atoms with Crippen molar-refractivity contribution in [1.29, 1.82) is 0 Å². The number of hydrogen-bond donors (Lipinski definition) is 1. The van der Waals surface area contributed by atoms with Crippen LogP contribution in [0.25, 0.3) is 5.65 Å². The molecule has 0 bridgehead atoms. The first-order valence-electron chi connectivity index (χ1n) is 7.44. The SMILES string of the molecule is CCc1nnc2ccc(NC(CC)c3cccc(Cl)c3)nn12. The average Bonchev–Trinajstić information content (AvgIpc) is 2.94. The number of nitrogens with zero attached hydrogens (tertiary/aromatic N) is 4. The van der Waals surface area contributed by atoms with Crippen molar-refractivity contribution in [3.05, 3.63) is 52.8 Å². The van der Waals surface area contributed by atoms with Gasteiger partial charge in [0.1, 0.15) is 5.82 Å². The van der Waals surface area contributed by atoms with E-state index < -0.39 is 0 Å². The summed E-state index contributed by atoms with van der Waals surface area (Å²) in [5, 5.41) is 17.0. The summed E-state index contributed by atoms with van der Waals surface area (Å²) in [5.41, 5.74) is 1.91. The van der Waals surface area contributed by atoms with Gasteiger partial charge in [-0.05, 0) is 36.2 Å². The third kappa shape index (κ3) is 2.90. The number of fused-ring (bicyclic) bond motifs is 1. The Balaban J connectivity index is 1.90. The Labute approximate surface area is 134 Å². The fourth-order valence-corrected chi connectivity index (χ4v) is 2.65. The molecule has 1 atom stereocenters. The maximum absolute atomic E-state index is 6.09. The Bertz CT molecular complexity index is 783. The summed E-state index contributed by atoms with van der Waals surface area (Å²) in [6.07, 6.45) is 1.73. The second-order valence-electron chi connectivity index (χ2n) is 5.12. The maximum Gasteiger partial charge on any atom is 0.178 e. The van der Waals surface area contributed by atoms with Crippen molar-refractivity contribution >= 4 is 23.1 Å². The molecule has 3 rings (SSSR count). The Hall–Kier alpha value is -2.14. The van der Waals surface area contributed by atoms with Crippen LogP contribution in [-0.2, 0) is 6.42 Å². The highest BCUT2D eigenvalue weighted by Crippen LogP contribution is 2.24. The van der Waals surface area contributed by atoms with Gasteiger partial charge in [0.05, 0.1) is 6.04 Å². The quantitative estimate of drug-likeness (QED) is 0.775. The van der Waals surface area contributed by atoms with Crippen molar-refractivity contribution in [3.8, 4) is 0 Å². The molecule has 22 heavy (non-hydrogen) atoms. The number of aromatic nitrogens is 4. The number of hydrogen-bond acceptors (Lipinski definition) is 4. The second-order valence-corrected chi connectivity index (χ2v) is 5.55. The fourth-order valence-electron chi connectivity index (χ4n) is 2.45. The maximum atomic E-state index is 6.09. The second kappa shape index (κ2) is 6.32. The van der Waals surface area contributed by atoms with Crippen LogP contribution in [0, 0.1) is 0 Å². The molecule has 6 heteroatoms. The van der Waals surface area contributed by atoms with Crippen LogP contribution in [0.1, 0.15) is 37.7 Å². The van der Waals surface area contributed by atoms with Gasteiger partial charge in [0, 0.05) is 11.4 Å². The van der Waals surface area contributed by atoms with Crippen LogP contribution in [0.15, 0.2) is 36.4 Å². The van der Waals surface area contributed by atoms with Crippen LogP contribution in [0.2, 0.25) is 5.02 Å². The number of nitrogens with one attached hydrogen (secondary N) is 1. The molecule has 1 N–H and O–H groups in total. The van der Waals surface area contributed by atoms with Crippen molar-refractivity contribution in [2.75, 3.05) is 5.32 Å². The lowest BCUT2D eigenvalue weighted by atomic mass is 10.0. The van der Waals surface area contributed by atoms with E-state index in [1.165, 1.54) is 0 Å². The van der Waals surface area contributed by atoms with E-state index >= 15 is 0 Å². The van der Waals surface area contributed by atoms with Gasteiger partial charge in [-0.15, -0.1) is 15.3 Å². The normalized spacial score (nSPS) is 12.5. The molecule has 2 aromatic heterocycles. The highest BCUT2D eigenvalue weighted by atomic mass is 35.5. The van der Waals surface area contributed by atoms with E-state index in [0.717, 1.165) is 40.7 Å². The molecule has 2 heterocycles. The largest absolute Gasteiger partial charge is 0.362 e. The van der Waals surface area contributed by atoms with E-state index in [1.54, 1.807) is 4.52 Å². The highest BCUT2D eigenvalue weighted by molar-refractivity contribution is 6.30. The molecular formula is C16H18ClN5. The molecule has 0 fully saturated rings. The van der Waals surface area contributed by atoms with E-state index in [1.807, 2.05) is 37.3 Å². The molecule has 0 aliphatic carbocycles.